The smallest absolute Gasteiger partial charge is 0.270 e. The molecule has 0 unspecified atom stereocenters. The second-order valence-corrected chi connectivity index (χ2v) is 8.74. The number of Topliss-reactive ketones (excluding diaryl/α,β-unsaturated/α-hetero) is 1. The van der Waals surface area contributed by atoms with Crippen LogP contribution < -0.4 is 15.4 Å². The van der Waals surface area contributed by atoms with Crippen LogP contribution in [0.1, 0.15) is 57.8 Å². The van der Waals surface area contributed by atoms with Gasteiger partial charge in [-0.25, -0.2) is 13.9 Å². The van der Waals surface area contributed by atoms with Crippen LogP contribution in [0, 0.1) is 11.7 Å². The Labute approximate surface area is 194 Å². The minimum Gasteiger partial charge on any atom is -0.486 e. The first-order valence-electron chi connectivity index (χ1n) is 11.3. The summed E-state index contributed by atoms with van der Waals surface area (Å²) in [4.78, 5) is 41.4. The van der Waals surface area contributed by atoms with Crippen molar-refractivity contribution in [1.29, 1.82) is 0 Å². The predicted molar refractivity (Wildman–Crippen MR) is 119 cm³/mol. The van der Waals surface area contributed by atoms with Gasteiger partial charge in [0.1, 0.15) is 23.7 Å². The van der Waals surface area contributed by atoms with Gasteiger partial charge in [-0.15, -0.1) is 0 Å². The van der Waals surface area contributed by atoms with Gasteiger partial charge in [0.25, 0.3) is 11.8 Å². The molecule has 0 bridgehead atoms. The number of benzene rings is 1. The normalized spacial score (nSPS) is 15.7. The SMILES string of the molecule is O=C1COc2ccc(CNC(=O)c3cc(C(=O)NCC4CCCC4)n4ncc(F)c4n3)cc2C1. The van der Waals surface area contributed by atoms with Gasteiger partial charge in [-0.05, 0) is 36.5 Å². The number of aromatic nitrogens is 3. The van der Waals surface area contributed by atoms with Crippen molar-refractivity contribution >= 4 is 23.2 Å². The summed E-state index contributed by atoms with van der Waals surface area (Å²) in [5.74, 6) is -0.637. The first kappa shape index (κ1) is 22.0. The van der Waals surface area contributed by atoms with E-state index in [1.165, 1.54) is 6.07 Å². The maximum Gasteiger partial charge on any atom is 0.270 e. The van der Waals surface area contributed by atoms with Gasteiger partial charge in [-0.1, -0.05) is 18.9 Å². The van der Waals surface area contributed by atoms with Crippen molar-refractivity contribution in [2.75, 3.05) is 13.2 Å². The highest BCUT2D eigenvalue weighted by molar-refractivity contribution is 5.98. The Morgan fingerprint density at radius 3 is 2.79 bits per heavy atom. The molecule has 176 valence electrons. The Bertz CT molecular complexity index is 1280. The summed E-state index contributed by atoms with van der Waals surface area (Å²) in [5.41, 5.74) is 1.31. The van der Waals surface area contributed by atoms with Crippen molar-refractivity contribution in [3.8, 4) is 5.75 Å². The lowest BCUT2D eigenvalue weighted by Crippen LogP contribution is -2.31. The first-order chi connectivity index (χ1) is 16.5. The van der Waals surface area contributed by atoms with Gasteiger partial charge in [0.05, 0.1) is 6.20 Å². The maximum absolute atomic E-state index is 14.3. The fourth-order valence-corrected chi connectivity index (χ4v) is 4.47. The molecule has 2 amide bonds. The van der Waals surface area contributed by atoms with E-state index < -0.39 is 17.6 Å². The van der Waals surface area contributed by atoms with Crippen molar-refractivity contribution < 1.29 is 23.5 Å². The molecule has 0 spiro atoms. The number of carbonyl (C=O) groups excluding carboxylic acids is 3. The van der Waals surface area contributed by atoms with Crippen LogP contribution in [0.5, 0.6) is 5.75 Å². The molecule has 1 aromatic carbocycles. The van der Waals surface area contributed by atoms with Gasteiger partial charge in [0.2, 0.25) is 0 Å². The number of nitrogens with one attached hydrogen (secondary N) is 2. The summed E-state index contributed by atoms with van der Waals surface area (Å²) < 4.78 is 20.8. The Kier molecular flexibility index (Phi) is 5.95. The number of halogens is 1. The van der Waals surface area contributed by atoms with Crippen molar-refractivity contribution in [2.24, 2.45) is 5.92 Å². The Morgan fingerprint density at radius 2 is 1.97 bits per heavy atom. The fourth-order valence-electron chi connectivity index (χ4n) is 4.47. The summed E-state index contributed by atoms with van der Waals surface area (Å²) >= 11 is 0. The highest BCUT2D eigenvalue weighted by atomic mass is 19.1. The van der Waals surface area contributed by atoms with E-state index in [0.717, 1.165) is 47.5 Å². The summed E-state index contributed by atoms with van der Waals surface area (Å²) in [6, 6.07) is 6.69. The highest BCUT2D eigenvalue weighted by Crippen LogP contribution is 2.25. The van der Waals surface area contributed by atoms with E-state index >= 15 is 0 Å². The quantitative estimate of drug-likeness (QED) is 0.577. The molecule has 3 heterocycles. The lowest BCUT2D eigenvalue weighted by molar-refractivity contribution is -0.121. The molecule has 9 nitrogen and oxygen atoms in total. The van der Waals surface area contributed by atoms with Crippen LogP contribution in [0.25, 0.3) is 5.65 Å². The van der Waals surface area contributed by atoms with E-state index in [9.17, 15) is 18.8 Å². The number of rotatable bonds is 6. The van der Waals surface area contributed by atoms with Crippen molar-refractivity contribution in [3.05, 3.63) is 58.8 Å². The van der Waals surface area contributed by atoms with Crippen LogP contribution in [-0.4, -0.2) is 45.3 Å². The standard InChI is InChI=1S/C24H24FN5O4/c25-18-12-28-30-20(24(33)27-10-14-3-1-2-4-14)9-19(29-22(18)30)23(32)26-11-15-5-6-21-16(7-15)8-17(31)13-34-21/h5-7,9,12,14H,1-4,8,10-11,13H2,(H,26,32)(H,27,33). The number of amides is 2. The number of hydrogen-bond acceptors (Lipinski definition) is 6. The lowest BCUT2D eigenvalue weighted by Gasteiger charge is -2.17. The number of carbonyl (C=O) groups is 3. The van der Waals surface area contributed by atoms with Crippen LogP contribution in [0.15, 0.2) is 30.5 Å². The maximum atomic E-state index is 14.3. The number of hydrogen-bond donors (Lipinski definition) is 2. The molecule has 1 aliphatic heterocycles. The van der Waals surface area contributed by atoms with Gasteiger partial charge in [-0.2, -0.15) is 5.10 Å². The Hall–Kier alpha value is -3.82. The van der Waals surface area contributed by atoms with Crippen molar-refractivity contribution in [1.82, 2.24) is 25.2 Å². The summed E-state index contributed by atoms with van der Waals surface area (Å²) in [7, 11) is 0. The van der Waals surface area contributed by atoms with E-state index in [1.54, 1.807) is 12.1 Å². The van der Waals surface area contributed by atoms with Crippen LogP contribution in [0.4, 0.5) is 4.39 Å². The largest absolute Gasteiger partial charge is 0.486 e. The molecule has 3 aromatic rings. The molecule has 0 saturated heterocycles. The third-order valence-electron chi connectivity index (χ3n) is 6.27. The van der Waals surface area contributed by atoms with E-state index in [4.69, 9.17) is 4.74 Å². The molecule has 5 rings (SSSR count). The lowest BCUT2D eigenvalue weighted by atomic mass is 10.0. The Balaban J connectivity index is 1.33. The van der Waals surface area contributed by atoms with Crippen LogP contribution in [-0.2, 0) is 17.8 Å². The zero-order valence-corrected chi connectivity index (χ0v) is 18.5. The zero-order chi connectivity index (χ0) is 23.7. The molecular formula is C24H24FN5O4. The molecule has 2 aliphatic rings. The molecule has 0 radical (unpaired) electrons. The molecule has 1 saturated carbocycles. The molecular weight excluding hydrogens is 441 g/mol. The highest BCUT2D eigenvalue weighted by Gasteiger charge is 2.22. The van der Waals surface area contributed by atoms with Gasteiger partial charge >= 0.3 is 0 Å². The fraction of sp³-hybridized carbons (Fsp3) is 0.375. The monoisotopic (exact) mass is 465 g/mol. The third-order valence-corrected chi connectivity index (χ3v) is 6.27. The van der Waals surface area contributed by atoms with Gasteiger partial charge in [-0.3, -0.25) is 14.4 Å². The van der Waals surface area contributed by atoms with E-state index in [-0.39, 0.29) is 42.4 Å². The van der Waals surface area contributed by atoms with E-state index in [2.05, 4.69) is 20.7 Å². The minimum absolute atomic E-state index is 0.00670. The predicted octanol–water partition coefficient (Wildman–Crippen LogP) is 2.22. The zero-order valence-electron chi connectivity index (χ0n) is 18.5. The molecule has 2 N–H and O–H groups in total. The van der Waals surface area contributed by atoms with Gasteiger partial charge in [0, 0.05) is 31.1 Å². The summed E-state index contributed by atoms with van der Waals surface area (Å²) in [6.45, 7) is 0.759. The van der Waals surface area contributed by atoms with Gasteiger partial charge < -0.3 is 15.4 Å². The van der Waals surface area contributed by atoms with Crippen LogP contribution in [0.2, 0.25) is 0 Å². The number of fused-ring (bicyclic) bond motifs is 2. The third kappa shape index (κ3) is 4.48. The molecule has 1 aliphatic carbocycles. The second kappa shape index (κ2) is 9.20. The van der Waals surface area contributed by atoms with Crippen LogP contribution in [0.3, 0.4) is 0 Å². The summed E-state index contributed by atoms with van der Waals surface area (Å²) in [6.07, 6.45) is 5.70. The number of ether oxygens (including phenoxy) is 1. The average molecular weight is 465 g/mol. The summed E-state index contributed by atoms with van der Waals surface area (Å²) in [5, 5.41) is 9.53. The topological polar surface area (TPSA) is 115 Å². The number of nitrogens with zero attached hydrogens (tertiary/aromatic N) is 3. The molecule has 2 aromatic heterocycles. The van der Waals surface area contributed by atoms with Gasteiger partial charge in [0.15, 0.2) is 17.2 Å². The molecule has 0 atom stereocenters. The second-order valence-electron chi connectivity index (χ2n) is 8.74. The minimum atomic E-state index is -0.723. The molecule has 34 heavy (non-hydrogen) atoms. The van der Waals surface area contributed by atoms with E-state index in [1.807, 2.05) is 6.07 Å². The van der Waals surface area contributed by atoms with Crippen molar-refractivity contribution in [2.45, 2.75) is 38.6 Å². The number of ketones is 1. The van der Waals surface area contributed by atoms with Crippen molar-refractivity contribution in [3.63, 3.8) is 0 Å². The molecule has 1 fully saturated rings. The first-order valence-corrected chi connectivity index (χ1v) is 11.3. The Morgan fingerprint density at radius 1 is 1.15 bits per heavy atom. The van der Waals surface area contributed by atoms with E-state index in [0.29, 0.717) is 18.2 Å². The van der Waals surface area contributed by atoms with Crippen LogP contribution >= 0.6 is 0 Å². The molecule has 10 heteroatoms. The average Bonchev–Trinajstić information content (AvgIpc) is 3.50.